The fourth-order valence-corrected chi connectivity index (χ4v) is 8.96. The molecule has 5 nitrogen and oxygen atoms in total. The third-order valence-electron chi connectivity index (χ3n) is 1.55. The molecule has 0 unspecified atom stereocenters. The first-order valence-electron chi connectivity index (χ1n) is 3.35. The van der Waals surface area contributed by atoms with E-state index in [0.29, 0.717) is 22.2 Å². The van der Waals surface area contributed by atoms with E-state index in [1.165, 1.54) is 0 Å². The number of halogens is 1. The first kappa shape index (κ1) is 11.0. The zero-order valence-electron chi connectivity index (χ0n) is 6.66. The Balaban J connectivity index is 2.47. The van der Waals surface area contributed by atoms with Gasteiger partial charge in [-0.1, -0.05) is 0 Å². The van der Waals surface area contributed by atoms with Gasteiger partial charge in [0.2, 0.25) is 0 Å². The number of ether oxygens (including phenoxy) is 1. The average Bonchev–Trinajstić information content (AvgIpc) is 1.83. The van der Waals surface area contributed by atoms with E-state index < -0.39 is 28.8 Å². The van der Waals surface area contributed by atoms with E-state index in [1.807, 2.05) is 0 Å². The molecule has 0 aromatic carbocycles. The van der Waals surface area contributed by atoms with Crippen LogP contribution in [0.1, 0.15) is 0 Å². The number of hydrogen-bond acceptors (Lipinski definition) is 5. The molecule has 0 amide bonds. The standard InChI is InChI=1S/C5H11ClO5Te/c1-12(11-6(7,8)9)4-2-10-3-5-12/h2-5H2,1H3. The monoisotopic (exact) mass is 316 g/mol. The SMILES string of the molecule is C[Te]1(O[Cl+3]([O-])([O-])[O-])CCOCC1. The molecule has 0 spiro atoms. The third kappa shape index (κ3) is 3.73. The van der Waals surface area contributed by atoms with Crippen LogP contribution in [0, 0.1) is 10.2 Å². The molecule has 74 valence electrons. The molecule has 0 aromatic heterocycles. The normalized spacial score (nSPS) is 26.7. The summed E-state index contributed by atoms with van der Waals surface area (Å²) in [6.07, 6.45) is 0. The molecule has 12 heavy (non-hydrogen) atoms. The molecule has 1 aliphatic rings. The van der Waals surface area contributed by atoms with Crippen molar-refractivity contribution in [3.05, 3.63) is 0 Å². The van der Waals surface area contributed by atoms with Crippen molar-refractivity contribution in [1.29, 1.82) is 0 Å². The minimum atomic E-state index is -4.24. The van der Waals surface area contributed by atoms with Crippen LogP contribution in [0.5, 0.6) is 0 Å². The third-order valence-corrected chi connectivity index (χ3v) is 11.8. The fraction of sp³-hybridized carbons (Fsp3) is 1.00. The summed E-state index contributed by atoms with van der Waals surface area (Å²) in [6.45, 7) is 1.03. The van der Waals surface area contributed by atoms with E-state index in [1.54, 1.807) is 4.97 Å². The molecule has 1 fully saturated rings. The predicted molar refractivity (Wildman–Crippen MR) is 33.1 cm³/mol. The van der Waals surface area contributed by atoms with Crippen molar-refractivity contribution in [3.63, 3.8) is 0 Å². The van der Waals surface area contributed by atoms with Crippen molar-refractivity contribution >= 4 is 18.6 Å². The van der Waals surface area contributed by atoms with Crippen molar-refractivity contribution in [2.75, 3.05) is 13.2 Å². The summed E-state index contributed by atoms with van der Waals surface area (Å²) in [5.41, 5.74) is 0. The van der Waals surface area contributed by atoms with Gasteiger partial charge >= 0.3 is 77.3 Å². The van der Waals surface area contributed by atoms with Gasteiger partial charge in [-0.05, 0) is 0 Å². The second-order valence-electron chi connectivity index (χ2n) is 2.65. The Kier molecular flexibility index (Phi) is 3.60. The van der Waals surface area contributed by atoms with Crippen LogP contribution < -0.4 is 14.0 Å². The van der Waals surface area contributed by atoms with Crippen molar-refractivity contribution < 1.29 is 31.6 Å². The Hall–Kier alpha value is 0.880. The number of rotatable bonds is 2. The van der Waals surface area contributed by atoms with E-state index in [-0.39, 0.29) is 0 Å². The molecule has 0 bridgehead atoms. The van der Waals surface area contributed by atoms with Crippen molar-refractivity contribution in [2.24, 2.45) is 0 Å². The molecule has 0 aromatic rings. The van der Waals surface area contributed by atoms with Crippen LogP contribution in [0.25, 0.3) is 0 Å². The van der Waals surface area contributed by atoms with E-state index in [4.69, 9.17) is 4.74 Å². The molecule has 1 heterocycles. The van der Waals surface area contributed by atoms with Gasteiger partial charge in [0, 0.05) is 0 Å². The van der Waals surface area contributed by atoms with Crippen LogP contribution in [-0.2, 0) is 7.39 Å². The number of hydrogen-bond donors (Lipinski definition) is 0. The van der Waals surface area contributed by atoms with Crippen molar-refractivity contribution in [1.82, 2.24) is 0 Å². The van der Waals surface area contributed by atoms with Crippen molar-refractivity contribution in [2.45, 2.75) is 13.9 Å². The van der Waals surface area contributed by atoms with E-state index in [2.05, 4.69) is 2.65 Å². The van der Waals surface area contributed by atoms with E-state index >= 15 is 0 Å². The Morgan fingerprint density at radius 1 is 1.25 bits per heavy atom. The van der Waals surface area contributed by atoms with Gasteiger partial charge in [-0.3, -0.25) is 0 Å². The second kappa shape index (κ2) is 3.94. The molecule has 0 saturated carbocycles. The molecule has 0 atom stereocenters. The molecule has 7 heteroatoms. The molecule has 1 aliphatic heterocycles. The van der Waals surface area contributed by atoms with Crippen molar-refractivity contribution in [3.8, 4) is 0 Å². The van der Waals surface area contributed by atoms with Gasteiger partial charge in [0.15, 0.2) is 0 Å². The first-order valence-corrected chi connectivity index (χ1v) is 11.2. The van der Waals surface area contributed by atoms with Crippen LogP contribution >= 0.6 is 0 Å². The van der Waals surface area contributed by atoms with Gasteiger partial charge in [0.1, 0.15) is 0 Å². The Morgan fingerprint density at radius 2 is 1.75 bits per heavy atom. The van der Waals surface area contributed by atoms with Crippen LogP contribution in [-0.4, -0.2) is 31.8 Å². The van der Waals surface area contributed by atoms with Gasteiger partial charge in [-0.2, -0.15) is 0 Å². The molecule has 0 radical (unpaired) electrons. The molecule has 0 aliphatic carbocycles. The molecular weight excluding hydrogens is 303 g/mol. The van der Waals surface area contributed by atoms with Gasteiger partial charge in [-0.25, -0.2) is 0 Å². The summed E-state index contributed by atoms with van der Waals surface area (Å²) >= 11 is -2.84. The van der Waals surface area contributed by atoms with Gasteiger partial charge in [0.05, 0.1) is 0 Å². The van der Waals surface area contributed by atoms with Crippen LogP contribution in [0.4, 0.5) is 0 Å². The van der Waals surface area contributed by atoms with Crippen LogP contribution in [0.2, 0.25) is 13.9 Å². The quantitative estimate of drug-likeness (QED) is 0.526. The van der Waals surface area contributed by atoms with E-state index in [0.717, 1.165) is 0 Å². The van der Waals surface area contributed by atoms with Crippen LogP contribution in [0.15, 0.2) is 0 Å². The van der Waals surface area contributed by atoms with E-state index in [9.17, 15) is 14.0 Å². The Morgan fingerprint density at radius 3 is 2.17 bits per heavy atom. The predicted octanol–water partition coefficient (Wildman–Crippen LogP) is -2.49. The van der Waals surface area contributed by atoms with Gasteiger partial charge in [-0.15, -0.1) is 0 Å². The average molecular weight is 314 g/mol. The summed E-state index contributed by atoms with van der Waals surface area (Å²) in [5, 5.41) is 0. The minimum absolute atomic E-state index is 0.517. The second-order valence-corrected chi connectivity index (χ2v) is 13.7. The topological polar surface area (TPSA) is 87.6 Å². The molecule has 1 saturated heterocycles. The van der Waals surface area contributed by atoms with Gasteiger partial charge < -0.3 is 0 Å². The molecule has 1 rings (SSSR count). The summed E-state index contributed by atoms with van der Waals surface area (Å²) < 4.78 is 41.8. The zero-order valence-corrected chi connectivity index (χ0v) is 9.74. The first-order chi connectivity index (χ1) is 5.41. The molecule has 0 N–H and O–H groups in total. The summed E-state index contributed by atoms with van der Waals surface area (Å²) in [6, 6.07) is 0. The summed E-state index contributed by atoms with van der Waals surface area (Å²) in [5.74, 6) is 0. The van der Waals surface area contributed by atoms with Crippen LogP contribution in [0.3, 0.4) is 0 Å². The molecular formula is C5H11ClO5Te. The Bertz CT molecular complexity index is 152. The maximum atomic E-state index is 10.3. The summed E-state index contributed by atoms with van der Waals surface area (Å²) in [4.78, 5) is 1.79. The van der Waals surface area contributed by atoms with Gasteiger partial charge in [0.25, 0.3) is 0 Å². The zero-order chi connectivity index (χ0) is 9.24. The Labute approximate surface area is 77.4 Å². The maximum absolute atomic E-state index is 10.3. The summed E-state index contributed by atoms with van der Waals surface area (Å²) in [7, 11) is -4.24. The fourth-order valence-electron chi connectivity index (χ4n) is 0.924.